The third kappa shape index (κ3) is 6.13. The van der Waals surface area contributed by atoms with Crippen LogP contribution in [-0.4, -0.2) is 14.6 Å². The van der Waals surface area contributed by atoms with E-state index in [1.54, 1.807) is 34.7 Å². The molecule has 0 amide bonds. The zero-order valence-electron chi connectivity index (χ0n) is 12.6. The first-order valence-corrected chi connectivity index (χ1v) is 9.57. The first-order valence-electron chi connectivity index (χ1n) is 6.33. The van der Waals surface area contributed by atoms with Gasteiger partial charge in [-0.15, -0.1) is 5.75 Å². The van der Waals surface area contributed by atoms with Crippen LogP contribution in [0.15, 0.2) is 36.4 Å². The molecule has 0 saturated carbocycles. The van der Waals surface area contributed by atoms with Crippen LogP contribution < -0.4 is 45.1 Å². The number of ether oxygens (including phenoxy) is 1. The van der Waals surface area contributed by atoms with Crippen molar-refractivity contribution in [3.8, 4) is 17.2 Å². The number of benzene rings is 2. The predicted octanol–water partition coefficient (Wildman–Crippen LogP) is 0.483. The van der Waals surface area contributed by atoms with Crippen molar-refractivity contribution in [1.82, 2.24) is 0 Å². The van der Waals surface area contributed by atoms with Crippen molar-refractivity contribution in [3.63, 3.8) is 0 Å². The minimum atomic E-state index is -1.35. The Morgan fingerprint density at radius 1 is 1.21 bits per heavy atom. The van der Waals surface area contributed by atoms with Crippen molar-refractivity contribution >= 4 is 73.7 Å². The van der Waals surface area contributed by atoms with Crippen molar-refractivity contribution in [2.24, 2.45) is 5.73 Å². The van der Waals surface area contributed by atoms with Gasteiger partial charge in [0, 0.05) is 6.42 Å². The number of carboxylic acids is 1. The van der Waals surface area contributed by atoms with Gasteiger partial charge in [-0.25, -0.2) is 4.79 Å². The Hall–Kier alpha value is 0.660. The number of rotatable bonds is 5. The van der Waals surface area contributed by atoms with Gasteiger partial charge in [-0.1, -0.05) is 12.1 Å². The summed E-state index contributed by atoms with van der Waals surface area (Å²) in [5.41, 5.74) is 6.61. The Bertz CT molecular complexity index is 715. The monoisotopic (exact) mass is 673 g/mol. The number of alkyl halides is 1. The fraction of sp³-hybridized carbons (Fsp3) is 0.133. The second kappa shape index (κ2) is 9.55. The summed E-state index contributed by atoms with van der Waals surface area (Å²) in [4.78, 5) is 11.1. The zero-order chi connectivity index (χ0) is 17.2. The molecule has 0 saturated heterocycles. The zero-order valence-corrected chi connectivity index (χ0v) is 21.0. The van der Waals surface area contributed by atoms with E-state index in [1.807, 2.05) is 12.1 Å². The number of hydrogen-bond acceptors (Lipinski definition) is 4. The van der Waals surface area contributed by atoms with E-state index < -0.39 is 9.51 Å². The molecule has 0 fully saturated rings. The van der Waals surface area contributed by atoms with Gasteiger partial charge in [0.2, 0.25) is 0 Å². The largest absolute Gasteiger partial charge is 1.00 e. The topological polar surface area (TPSA) is 95.6 Å². The van der Waals surface area contributed by atoms with Crippen molar-refractivity contribution in [1.29, 1.82) is 0 Å². The Kier molecular flexibility index (Phi) is 9.04. The van der Waals surface area contributed by atoms with Crippen LogP contribution in [0.5, 0.6) is 17.2 Å². The number of carbonyl (C=O) groups is 1. The molecular weight excluding hydrogens is 662 g/mol. The number of carboxylic acid groups (broad SMARTS) is 1. The number of halogens is 3. The SMILES string of the molecule is N[C@](I)(Cc1cc(I)c(Oc2ccc([O-])cc2)c(I)c1)C(=O)O.[Na+]. The Labute approximate surface area is 202 Å². The Morgan fingerprint density at radius 3 is 2.17 bits per heavy atom. The van der Waals surface area contributed by atoms with Gasteiger partial charge < -0.3 is 20.7 Å². The van der Waals surface area contributed by atoms with Crippen molar-refractivity contribution < 1.29 is 49.3 Å². The van der Waals surface area contributed by atoms with Gasteiger partial charge in [-0.3, -0.25) is 0 Å². The van der Waals surface area contributed by atoms with E-state index in [9.17, 15) is 9.90 Å². The first kappa shape index (κ1) is 22.7. The molecule has 2 rings (SSSR count). The molecule has 0 aliphatic carbocycles. The molecule has 0 heterocycles. The quantitative estimate of drug-likeness (QED) is 0.209. The second-order valence-corrected chi connectivity index (χ2v) is 9.06. The van der Waals surface area contributed by atoms with Crippen LogP contribution in [0, 0.1) is 7.14 Å². The Morgan fingerprint density at radius 2 is 1.71 bits per heavy atom. The van der Waals surface area contributed by atoms with E-state index >= 15 is 0 Å². The summed E-state index contributed by atoms with van der Waals surface area (Å²) in [6.07, 6.45) is 0.208. The third-order valence-corrected chi connectivity index (χ3v) is 5.36. The third-order valence-electron chi connectivity index (χ3n) is 2.92. The molecule has 2 aromatic carbocycles. The molecule has 1 atom stereocenters. The first-order chi connectivity index (χ1) is 10.7. The molecule has 3 N–H and O–H groups in total. The maximum Gasteiger partial charge on any atom is 1.00 e. The standard InChI is InChI=1S/C15H12I3NO4.Na/c16-11-5-8(7-15(18,19)14(21)22)6-12(17)13(11)23-10-3-1-9(20)2-4-10;/h1-6,20H,7,19H2,(H,21,22);/q;+1/p-1/t15-;/m1./s1. The van der Waals surface area contributed by atoms with E-state index in [0.29, 0.717) is 11.5 Å². The molecule has 122 valence electrons. The molecule has 0 bridgehead atoms. The van der Waals surface area contributed by atoms with Gasteiger partial charge >= 0.3 is 35.5 Å². The summed E-state index contributed by atoms with van der Waals surface area (Å²) in [6, 6.07) is 9.81. The van der Waals surface area contributed by atoms with E-state index in [4.69, 9.17) is 15.6 Å². The van der Waals surface area contributed by atoms with Gasteiger partial charge in [0.25, 0.3) is 0 Å². The van der Waals surface area contributed by atoms with Crippen LogP contribution in [0.2, 0.25) is 0 Å². The Balaban J connectivity index is 0.00000288. The van der Waals surface area contributed by atoms with Crippen LogP contribution >= 0.6 is 67.8 Å². The summed E-state index contributed by atoms with van der Waals surface area (Å²) < 4.78 is 6.16. The van der Waals surface area contributed by atoms with Crippen LogP contribution in [0.25, 0.3) is 0 Å². The summed E-state index contributed by atoms with van der Waals surface area (Å²) in [5.74, 6) is 0.106. The maximum absolute atomic E-state index is 11.1. The molecule has 0 unspecified atom stereocenters. The molecule has 0 spiro atoms. The minimum Gasteiger partial charge on any atom is -0.872 e. The number of aliphatic carboxylic acids is 1. The molecule has 5 nitrogen and oxygen atoms in total. The summed E-state index contributed by atoms with van der Waals surface area (Å²) >= 11 is 6.00. The normalized spacial score (nSPS) is 12.8. The number of nitrogens with two attached hydrogens (primary N) is 1. The predicted molar refractivity (Wildman–Crippen MR) is 110 cm³/mol. The maximum atomic E-state index is 11.1. The molecule has 9 heteroatoms. The van der Waals surface area contributed by atoms with Crippen LogP contribution in [0.1, 0.15) is 5.56 Å². The fourth-order valence-corrected chi connectivity index (χ4v) is 4.37. The average molecular weight is 673 g/mol. The molecular formula is C15H11I3NNaO4. The fourth-order valence-electron chi connectivity index (χ4n) is 1.81. The van der Waals surface area contributed by atoms with Gasteiger partial charge in [0.15, 0.2) is 9.30 Å². The number of hydrogen-bond donors (Lipinski definition) is 2. The smallest absolute Gasteiger partial charge is 0.872 e. The van der Waals surface area contributed by atoms with Crippen LogP contribution in [-0.2, 0) is 11.2 Å². The second-order valence-electron chi connectivity index (χ2n) is 4.81. The molecule has 24 heavy (non-hydrogen) atoms. The molecule has 0 aromatic heterocycles. The average Bonchev–Trinajstić information content (AvgIpc) is 2.44. The van der Waals surface area contributed by atoms with Gasteiger partial charge in [-0.05, 0) is 97.6 Å². The van der Waals surface area contributed by atoms with E-state index in [0.717, 1.165) is 12.7 Å². The van der Waals surface area contributed by atoms with Gasteiger partial charge in [0.05, 0.1) is 7.14 Å². The van der Waals surface area contributed by atoms with E-state index in [2.05, 4.69) is 45.2 Å². The van der Waals surface area contributed by atoms with Crippen molar-refractivity contribution in [2.45, 2.75) is 9.97 Å². The summed E-state index contributed by atoms with van der Waals surface area (Å²) in [7, 11) is 0. The summed E-state index contributed by atoms with van der Waals surface area (Å²) in [6.45, 7) is 0. The minimum absolute atomic E-state index is 0. The van der Waals surface area contributed by atoms with Crippen molar-refractivity contribution in [2.75, 3.05) is 0 Å². The van der Waals surface area contributed by atoms with E-state index in [-0.39, 0.29) is 41.7 Å². The van der Waals surface area contributed by atoms with Crippen molar-refractivity contribution in [3.05, 3.63) is 49.1 Å². The van der Waals surface area contributed by atoms with Gasteiger partial charge in [0.1, 0.15) is 5.75 Å². The van der Waals surface area contributed by atoms with Gasteiger partial charge in [-0.2, -0.15) is 0 Å². The molecule has 0 aliphatic rings. The van der Waals surface area contributed by atoms with E-state index in [1.165, 1.54) is 12.1 Å². The molecule has 2 aromatic rings. The van der Waals surface area contributed by atoms with Crippen LogP contribution in [0.4, 0.5) is 0 Å². The molecule has 0 radical (unpaired) electrons. The molecule has 0 aliphatic heterocycles. The summed E-state index contributed by atoms with van der Waals surface area (Å²) in [5, 5.41) is 20.2. The van der Waals surface area contributed by atoms with Crippen LogP contribution in [0.3, 0.4) is 0 Å².